The number of aromatic nitrogens is 1. The maximum Gasteiger partial charge on any atom is 0.236 e. The van der Waals surface area contributed by atoms with Gasteiger partial charge in [0.1, 0.15) is 5.01 Å². The summed E-state index contributed by atoms with van der Waals surface area (Å²) in [6, 6.07) is 4.06. The van der Waals surface area contributed by atoms with E-state index in [1.54, 1.807) is 22.7 Å². The van der Waals surface area contributed by atoms with Crippen molar-refractivity contribution in [2.45, 2.75) is 20.3 Å². The average molecular weight is 407 g/mol. The maximum absolute atomic E-state index is 12.6. The second-order valence-electron chi connectivity index (χ2n) is 6.52. The van der Waals surface area contributed by atoms with E-state index in [2.05, 4.69) is 9.88 Å². The van der Waals surface area contributed by atoms with Gasteiger partial charge in [0, 0.05) is 44.6 Å². The first kappa shape index (κ1) is 20.0. The molecule has 6 nitrogen and oxygen atoms in total. The highest BCUT2D eigenvalue weighted by Gasteiger charge is 2.24. The lowest BCUT2D eigenvalue weighted by Gasteiger charge is -2.35. The zero-order valence-corrected chi connectivity index (χ0v) is 17.5. The molecular formula is C19H26N4O2S2. The van der Waals surface area contributed by atoms with Crippen molar-refractivity contribution < 1.29 is 9.59 Å². The zero-order chi connectivity index (χ0) is 19.2. The molecule has 1 saturated heterocycles. The van der Waals surface area contributed by atoms with Crippen LogP contribution in [0.4, 0.5) is 0 Å². The van der Waals surface area contributed by atoms with Crippen molar-refractivity contribution in [2.75, 3.05) is 45.8 Å². The Kier molecular flexibility index (Phi) is 6.98. The van der Waals surface area contributed by atoms with Gasteiger partial charge in [-0.15, -0.1) is 22.7 Å². The molecule has 0 atom stereocenters. The molecule has 0 aliphatic carbocycles. The molecule has 1 fully saturated rings. The number of rotatable bonds is 7. The highest BCUT2D eigenvalue weighted by atomic mass is 32.1. The molecule has 146 valence electrons. The summed E-state index contributed by atoms with van der Waals surface area (Å²) in [7, 11) is 0. The molecule has 3 heterocycles. The van der Waals surface area contributed by atoms with Crippen LogP contribution in [0.1, 0.15) is 19.5 Å². The van der Waals surface area contributed by atoms with Crippen molar-refractivity contribution in [3.05, 3.63) is 28.6 Å². The number of nitrogens with zero attached hydrogens (tertiary/aromatic N) is 4. The fraction of sp³-hybridized carbons (Fsp3) is 0.526. The molecule has 1 aliphatic rings. The average Bonchev–Trinajstić information content (AvgIpc) is 3.35. The predicted molar refractivity (Wildman–Crippen MR) is 110 cm³/mol. The Bertz CT molecular complexity index is 748. The fourth-order valence-electron chi connectivity index (χ4n) is 3.19. The van der Waals surface area contributed by atoms with Crippen LogP contribution in [0.3, 0.4) is 0 Å². The van der Waals surface area contributed by atoms with E-state index >= 15 is 0 Å². The van der Waals surface area contributed by atoms with Crippen LogP contribution in [-0.2, 0) is 16.0 Å². The minimum absolute atomic E-state index is 0.118. The normalized spacial score (nSPS) is 15.1. The largest absolute Gasteiger partial charge is 0.342 e. The van der Waals surface area contributed by atoms with E-state index < -0.39 is 0 Å². The van der Waals surface area contributed by atoms with Gasteiger partial charge in [-0.25, -0.2) is 4.98 Å². The summed E-state index contributed by atoms with van der Waals surface area (Å²) in [6.07, 6.45) is 0.347. The van der Waals surface area contributed by atoms with Crippen molar-refractivity contribution in [3.8, 4) is 9.88 Å². The molecule has 0 bridgehead atoms. The second kappa shape index (κ2) is 9.43. The summed E-state index contributed by atoms with van der Waals surface area (Å²) in [6.45, 7) is 8.77. The Morgan fingerprint density at radius 2 is 1.89 bits per heavy atom. The van der Waals surface area contributed by atoms with E-state index in [0.717, 1.165) is 41.8 Å². The zero-order valence-electron chi connectivity index (χ0n) is 15.9. The molecule has 0 aromatic carbocycles. The Morgan fingerprint density at radius 3 is 2.52 bits per heavy atom. The molecule has 8 heteroatoms. The molecule has 2 aromatic heterocycles. The third-order valence-corrected chi connectivity index (χ3v) is 6.75. The molecule has 3 rings (SSSR count). The van der Waals surface area contributed by atoms with Gasteiger partial charge < -0.3 is 9.80 Å². The summed E-state index contributed by atoms with van der Waals surface area (Å²) in [5, 5.41) is 4.99. The lowest BCUT2D eigenvalue weighted by molar-refractivity contribution is -0.134. The Morgan fingerprint density at radius 1 is 1.15 bits per heavy atom. The van der Waals surface area contributed by atoms with Gasteiger partial charge in [0.15, 0.2) is 0 Å². The van der Waals surface area contributed by atoms with Gasteiger partial charge in [0.05, 0.1) is 23.5 Å². The van der Waals surface area contributed by atoms with Gasteiger partial charge >= 0.3 is 0 Å². The van der Waals surface area contributed by atoms with Gasteiger partial charge in [0.25, 0.3) is 0 Å². The summed E-state index contributed by atoms with van der Waals surface area (Å²) >= 11 is 3.25. The van der Waals surface area contributed by atoms with E-state index in [9.17, 15) is 9.59 Å². The van der Waals surface area contributed by atoms with Gasteiger partial charge in [-0.3, -0.25) is 14.5 Å². The van der Waals surface area contributed by atoms with Crippen LogP contribution in [-0.4, -0.2) is 77.3 Å². The molecule has 2 amide bonds. The Hall–Kier alpha value is -1.77. The summed E-state index contributed by atoms with van der Waals surface area (Å²) < 4.78 is 0. The molecule has 0 N–H and O–H groups in total. The summed E-state index contributed by atoms with van der Waals surface area (Å²) in [5.74, 6) is 0.288. The van der Waals surface area contributed by atoms with E-state index in [1.807, 2.05) is 46.5 Å². The fourth-order valence-corrected chi connectivity index (χ4v) is 4.83. The number of carbonyl (C=O) groups is 2. The summed E-state index contributed by atoms with van der Waals surface area (Å²) in [4.78, 5) is 36.4. The number of likely N-dealkylation sites (N-methyl/N-ethyl adjacent to an activating group) is 1. The maximum atomic E-state index is 12.6. The predicted octanol–water partition coefficient (Wildman–Crippen LogP) is 2.43. The van der Waals surface area contributed by atoms with Crippen LogP contribution in [0.15, 0.2) is 22.9 Å². The SMILES string of the molecule is CCN(CC)C(=O)CN1CCN(C(=O)Cc2csc(-c3cccs3)n2)CC1. The summed E-state index contributed by atoms with van der Waals surface area (Å²) in [5.41, 5.74) is 0.840. The van der Waals surface area contributed by atoms with Crippen molar-refractivity contribution in [2.24, 2.45) is 0 Å². The highest BCUT2D eigenvalue weighted by molar-refractivity contribution is 7.20. The lowest BCUT2D eigenvalue weighted by atomic mass is 10.2. The van der Waals surface area contributed by atoms with Crippen molar-refractivity contribution in [1.82, 2.24) is 19.7 Å². The van der Waals surface area contributed by atoms with Crippen molar-refractivity contribution in [1.29, 1.82) is 0 Å². The van der Waals surface area contributed by atoms with Gasteiger partial charge in [0.2, 0.25) is 11.8 Å². The standard InChI is InChI=1S/C19H26N4O2S2/c1-3-22(4-2)18(25)13-21-7-9-23(10-8-21)17(24)12-15-14-27-19(20-15)16-6-5-11-26-16/h5-6,11,14H,3-4,7-10,12-13H2,1-2H3. The molecule has 0 saturated carbocycles. The monoisotopic (exact) mass is 406 g/mol. The lowest BCUT2D eigenvalue weighted by Crippen LogP contribution is -2.51. The quantitative estimate of drug-likeness (QED) is 0.709. The van der Waals surface area contributed by atoms with Crippen molar-refractivity contribution >= 4 is 34.5 Å². The number of hydrogen-bond donors (Lipinski definition) is 0. The smallest absolute Gasteiger partial charge is 0.236 e. The number of thiophene rings is 1. The number of carbonyl (C=O) groups excluding carboxylic acids is 2. The first-order chi connectivity index (χ1) is 13.1. The first-order valence-corrected chi connectivity index (χ1v) is 11.1. The number of thiazole rings is 1. The van der Waals surface area contributed by atoms with Gasteiger partial charge in [-0.1, -0.05) is 6.07 Å². The molecule has 0 radical (unpaired) electrons. The highest BCUT2D eigenvalue weighted by Crippen LogP contribution is 2.28. The number of hydrogen-bond acceptors (Lipinski definition) is 6. The number of amides is 2. The molecule has 27 heavy (non-hydrogen) atoms. The second-order valence-corrected chi connectivity index (χ2v) is 8.33. The van der Waals surface area contributed by atoms with Crippen LogP contribution in [0.5, 0.6) is 0 Å². The van der Waals surface area contributed by atoms with Crippen LogP contribution in [0, 0.1) is 0 Å². The van der Waals surface area contributed by atoms with Gasteiger partial charge in [-0.05, 0) is 25.3 Å². The van der Waals surface area contributed by atoms with E-state index in [4.69, 9.17) is 0 Å². The van der Waals surface area contributed by atoms with E-state index in [1.165, 1.54) is 0 Å². The van der Waals surface area contributed by atoms with E-state index in [-0.39, 0.29) is 11.8 Å². The van der Waals surface area contributed by atoms with Crippen LogP contribution >= 0.6 is 22.7 Å². The first-order valence-electron chi connectivity index (χ1n) is 9.36. The van der Waals surface area contributed by atoms with Crippen LogP contribution in [0.2, 0.25) is 0 Å². The molecular weight excluding hydrogens is 380 g/mol. The van der Waals surface area contributed by atoms with Crippen LogP contribution in [0.25, 0.3) is 9.88 Å². The minimum atomic E-state index is 0.118. The molecule has 2 aromatic rings. The van der Waals surface area contributed by atoms with E-state index in [0.29, 0.717) is 26.1 Å². The molecule has 1 aliphatic heterocycles. The molecule has 0 spiro atoms. The Labute approximate surface area is 168 Å². The van der Waals surface area contributed by atoms with Gasteiger partial charge in [-0.2, -0.15) is 0 Å². The Balaban J connectivity index is 1.47. The van der Waals surface area contributed by atoms with Crippen molar-refractivity contribution in [3.63, 3.8) is 0 Å². The molecule has 0 unspecified atom stereocenters. The third kappa shape index (κ3) is 5.15. The minimum Gasteiger partial charge on any atom is -0.342 e. The topological polar surface area (TPSA) is 56.8 Å². The third-order valence-electron chi connectivity index (χ3n) is 4.82. The number of piperazine rings is 1. The van der Waals surface area contributed by atoms with Crippen LogP contribution < -0.4 is 0 Å².